The first-order valence-corrected chi connectivity index (χ1v) is 9.23. The maximum absolute atomic E-state index is 13.1. The molecule has 1 amide bonds. The number of ether oxygens (including phenoxy) is 1. The summed E-state index contributed by atoms with van der Waals surface area (Å²) in [5.41, 5.74) is 1.94. The van der Waals surface area contributed by atoms with Crippen molar-refractivity contribution in [3.8, 4) is 0 Å². The van der Waals surface area contributed by atoms with Crippen LogP contribution in [0.4, 0.5) is 0 Å². The lowest BCUT2D eigenvalue weighted by atomic mass is 9.60. The number of carbonyl (C=O) groups is 1. The Kier molecular flexibility index (Phi) is 4.73. The Hall–Kier alpha value is -1.36. The minimum Gasteiger partial charge on any atom is -0.378 e. The van der Waals surface area contributed by atoms with Crippen molar-refractivity contribution in [2.75, 3.05) is 13.7 Å². The van der Waals surface area contributed by atoms with Gasteiger partial charge >= 0.3 is 0 Å². The number of nitrogens with zero attached hydrogens (tertiary/aromatic N) is 2. The third-order valence-corrected chi connectivity index (χ3v) is 6.35. The molecule has 5 heteroatoms. The lowest BCUT2D eigenvalue weighted by Gasteiger charge is -2.57. The van der Waals surface area contributed by atoms with Crippen molar-refractivity contribution < 1.29 is 14.1 Å². The van der Waals surface area contributed by atoms with E-state index in [0.717, 1.165) is 30.0 Å². The van der Waals surface area contributed by atoms with Crippen LogP contribution in [0.3, 0.4) is 0 Å². The molecule has 3 atom stereocenters. The highest BCUT2D eigenvalue weighted by atomic mass is 16.5. The minimum absolute atomic E-state index is 0.163. The predicted octanol–water partition coefficient (Wildman–Crippen LogP) is 3.59. The predicted molar refractivity (Wildman–Crippen MR) is 91.9 cm³/mol. The zero-order valence-corrected chi connectivity index (χ0v) is 15.6. The molecule has 1 heterocycles. The van der Waals surface area contributed by atoms with Crippen molar-refractivity contribution in [2.24, 2.45) is 5.41 Å². The molecule has 5 nitrogen and oxygen atoms in total. The van der Waals surface area contributed by atoms with E-state index in [2.05, 4.69) is 12.1 Å². The summed E-state index contributed by atoms with van der Waals surface area (Å²) in [6.07, 6.45) is 6.15. The van der Waals surface area contributed by atoms with Gasteiger partial charge in [-0.05, 0) is 47.0 Å². The molecular weight excluding hydrogens is 304 g/mol. The molecule has 1 spiro atoms. The SMILES string of the molecule is CCO[C@@H]1C[C@H](N(C)C(=O)[C@H](C)c2c(C)noc2C)C12CCCC2. The van der Waals surface area contributed by atoms with Crippen LogP contribution in [0.2, 0.25) is 0 Å². The van der Waals surface area contributed by atoms with Gasteiger partial charge in [0.15, 0.2) is 0 Å². The highest BCUT2D eigenvalue weighted by molar-refractivity contribution is 5.84. The van der Waals surface area contributed by atoms with Crippen LogP contribution in [0, 0.1) is 19.3 Å². The molecule has 0 aliphatic heterocycles. The summed E-state index contributed by atoms with van der Waals surface area (Å²) in [4.78, 5) is 15.1. The molecule has 3 rings (SSSR count). The lowest BCUT2D eigenvalue weighted by Crippen LogP contribution is -2.64. The van der Waals surface area contributed by atoms with Crippen LogP contribution in [0.1, 0.15) is 68.9 Å². The fourth-order valence-electron chi connectivity index (χ4n) is 5.08. The molecule has 0 aromatic carbocycles. The Morgan fingerprint density at radius 3 is 2.62 bits per heavy atom. The van der Waals surface area contributed by atoms with Crippen molar-refractivity contribution in [1.82, 2.24) is 10.1 Å². The summed E-state index contributed by atoms with van der Waals surface area (Å²) >= 11 is 0. The smallest absolute Gasteiger partial charge is 0.230 e. The van der Waals surface area contributed by atoms with Gasteiger partial charge in [-0.3, -0.25) is 4.79 Å². The highest BCUT2D eigenvalue weighted by Gasteiger charge is 2.59. The van der Waals surface area contributed by atoms with E-state index in [1.54, 1.807) is 0 Å². The summed E-state index contributed by atoms with van der Waals surface area (Å²) in [5.74, 6) is 0.694. The largest absolute Gasteiger partial charge is 0.378 e. The van der Waals surface area contributed by atoms with E-state index in [0.29, 0.717) is 12.1 Å². The summed E-state index contributed by atoms with van der Waals surface area (Å²) in [6, 6.07) is 0.298. The number of likely N-dealkylation sites (N-methyl/N-ethyl adjacent to an activating group) is 1. The number of amides is 1. The van der Waals surface area contributed by atoms with Gasteiger partial charge in [-0.2, -0.15) is 0 Å². The standard InChI is InChI=1S/C19H30N2O3/c1-6-23-16-11-15(19(16)9-7-8-10-19)21(5)18(22)12(2)17-13(3)20-24-14(17)4/h12,15-16H,6-11H2,1-5H3/t12-,15+,16-/m1/s1. The van der Waals surface area contributed by atoms with Gasteiger partial charge in [-0.15, -0.1) is 0 Å². The Labute approximate surface area is 144 Å². The van der Waals surface area contributed by atoms with Crippen molar-refractivity contribution in [1.29, 1.82) is 0 Å². The number of aryl methyl sites for hydroxylation is 2. The zero-order chi connectivity index (χ0) is 17.5. The van der Waals surface area contributed by atoms with Gasteiger partial charge in [0.1, 0.15) is 5.76 Å². The first-order valence-electron chi connectivity index (χ1n) is 9.23. The van der Waals surface area contributed by atoms with Crippen LogP contribution >= 0.6 is 0 Å². The van der Waals surface area contributed by atoms with E-state index in [4.69, 9.17) is 9.26 Å². The van der Waals surface area contributed by atoms with Crippen LogP contribution in [-0.4, -0.2) is 41.8 Å². The molecule has 0 N–H and O–H groups in total. The fourth-order valence-corrected chi connectivity index (χ4v) is 5.08. The second-order valence-electron chi connectivity index (χ2n) is 7.54. The maximum atomic E-state index is 13.1. The topological polar surface area (TPSA) is 55.6 Å². The lowest BCUT2D eigenvalue weighted by molar-refractivity contribution is -0.173. The Morgan fingerprint density at radius 1 is 1.42 bits per heavy atom. The fraction of sp³-hybridized carbons (Fsp3) is 0.789. The molecule has 1 aromatic heterocycles. The van der Waals surface area contributed by atoms with Gasteiger partial charge < -0.3 is 14.2 Å². The highest BCUT2D eigenvalue weighted by Crippen LogP contribution is 2.56. The summed E-state index contributed by atoms with van der Waals surface area (Å²) in [7, 11) is 1.96. The molecule has 2 saturated carbocycles. The maximum Gasteiger partial charge on any atom is 0.230 e. The van der Waals surface area contributed by atoms with Crippen molar-refractivity contribution >= 4 is 5.91 Å². The Bertz CT molecular complexity index is 584. The molecule has 2 aliphatic carbocycles. The van der Waals surface area contributed by atoms with Crippen LogP contribution in [0.25, 0.3) is 0 Å². The van der Waals surface area contributed by atoms with Gasteiger partial charge in [0.25, 0.3) is 0 Å². The van der Waals surface area contributed by atoms with Gasteiger partial charge in [0, 0.05) is 30.7 Å². The number of rotatable bonds is 5. The van der Waals surface area contributed by atoms with Crippen LogP contribution in [0.5, 0.6) is 0 Å². The third-order valence-electron chi connectivity index (χ3n) is 6.35. The van der Waals surface area contributed by atoms with E-state index < -0.39 is 0 Å². The summed E-state index contributed by atoms with van der Waals surface area (Å²) in [5, 5.41) is 4.00. The molecule has 1 aromatic rings. The van der Waals surface area contributed by atoms with Crippen molar-refractivity contribution in [3.05, 3.63) is 17.0 Å². The average Bonchev–Trinajstić information content (AvgIpc) is 3.18. The van der Waals surface area contributed by atoms with Crippen molar-refractivity contribution in [2.45, 2.75) is 77.9 Å². The number of carbonyl (C=O) groups excluding carboxylic acids is 1. The molecule has 134 valence electrons. The van der Waals surface area contributed by atoms with Gasteiger partial charge in [0.05, 0.1) is 17.7 Å². The zero-order valence-electron chi connectivity index (χ0n) is 15.6. The quantitative estimate of drug-likeness (QED) is 0.826. The molecule has 0 unspecified atom stereocenters. The third kappa shape index (κ3) is 2.57. The monoisotopic (exact) mass is 334 g/mol. The second kappa shape index (κ2) is 6.51. The van der Waals surface area contributed by atoms with Gasteiger partial charge in [0.2, 0.25) is 5.91 Å². The molecule has 2 aliphatic rings. The molecular formula is C19H30N2O3. The van der Waals surface area contributed by atoms with Crippen LogP contribution < -0.4 is 0 Å². The van der Waals surface area contributed by atoms with Gasteiger partial charge in [-0.1, -0.05) is 18.0 Å². The minimum atomic E-state index is -0.217. The van der Waals surface area contributed by atoms with E-state index in [1.807, 2.05) is 32.7 Å². The van der Waals surface area contributed by atoms with Crippen LogP contribution in [0.15, 0.2) is 4.52 Å². The number of aromatic nitrogens is 1. The second-order valence-corrected chi connectivity index (χ2v) is 7.54. The van der Waals surface area contributed by atoms with Crippen LogP contribution in [-0.2, 0) is 9.53 Å². The number of hydrogen-bond acceptors (Lipinski definition) is 4. The van der Waals surface area contributed by atoms with E-state index in [1.165, 1.54) is 25.7 Å². The average molecular weight is 334 g/mol. The molecule has 0 saturated heterocycles. The summed E-state index contributed by atoms with van der Waals surface area (Å²) in [6.45, 7) is 8.57. The van der Waals surface area contributed by atoms with Gasteiger partial charge in [-0.25, -0.2) is 0 Å². The van der Waals surface area contributed by atoms with E-state index >= 15 is 0 Å². The first-order chi connectivity index (χ1) is 11.4. The number of hydrogen-bond donors (Lipinski definition) is 0. The molecule has 24 heavy (non-hydrogen) atoms. The van der Waals surface area contributed by atoms with Crippen molar-refractivity contribution in [3.63, 3.8) is 0 Å². The molecule has 0 bridgehead atoms. The normalized spacial score (nSPS) is 26.4. The Balaban J connectivity index is 1.76. The van der Waals surface area contributed by atoms with E-state index in [9.17, 15) is 4.79 Å². The Morgan fingerprint density at radius 2 is 2.08 bits per heavy atom. The van der Waals surface area contributed by atoms with E-state index in [-0.39, 0.29) is 17.2 Å². The first kappa shape index (κ1) is 17.5. The molecule has 0 radical (unpaired) electrons. The summed E-state index contributed by atoms with van der Waals surface area (Å²) < 4.78 is 11.2. The molecule has 2 fully saturated rings.